The van der Waals surface area contributed by atoms with Gasteiger partial charge in [0, 0.05) is 36.1 Å². The highest BCUT2D eigenvalue weighted by atomic mass is 79.9. The molecule has 0 aliphatic carbocycles. The van der Waals surface area contributed by atoms with Crippen LogP contribution in [0.25, 0.3) is 32.9 Å². The van der Waals surface area contributed by atoms with Crippen LogP contribution in [0.1, 0.15) is 17.5 Å². The molecule has 0 saturated heterocycles. The molecule has 8 nitrogen and oxygen atoms in total. The van der Waals surface area contributed by atoms with E-state index in [2.05, 4.69) is 51.4 Å². The van der Waals surface area contributed by atoms with Crippen LogP contribution in [-0.2, 0) is 24.2 Å². The van der Waals surface area contributed by atoms with Gasteiger partial charge in [0.1, 0.15) is 0 Å². The predicted molar refractivity (Wildman–Crippen MR) is 151 cm³/mol. The Morgan fingerprint density at radius 2 is 1.93 bits per heavy atom. The van der Waals surface area contributed by atoms with Crippen molar-refractivity contribution in [1.82, 2.24) is 10.3 Å². The smallest absolute Gasteiger partial charge is 0.231 e. The van der Waals surface area contributed by atoms with Crippen molar-refractivity contribution in [2.75, 3.05) is 27.1 Å². The first-order valence-electron chi connectivity index (χ1n) is 13.6. The molecule has 1 amide bonds. The minimum absolute atomic E-state index is 0. The van der Waals surface area contributed by atoms with Crippen molar-refractivity contribution in [2.45, 2.75) is 25.8 Å². The third-order valence-corrected chi connectivity index (χ3v) is 7.76. The van der Waals surface area contributed by atoms with Gasteiger partial charge < -0.3 is 46.2 Å². The van der Waals surface area contributed by atoms with E-state index in [0.717, 1.165) is 58.4 Å². The lowest BCUT2D eigenvalue weighted by molar-refractivity contribution is -0.686. The molecule has 210 valence electrons. The molecule has 2 N–H and O–H groups in total. The van der Waals surface area contributed by atoms with Crippen LogP contribution in [0.3, 0.4) is 0 Å². The summed E-state index contributed by atoms with van der Waals surface area (Å²) in [5.74, 6) is 2.85. The second-order valence-electron chi connectivity index (χ2n) is 10.1. The van der Waals surface area contributed by atoms with Crippen molar-refractivity contribution in [3.05, 3.63) is 78.1 Å². The zero-order chi connectivity index (χ0) is 27.1. The monoisotopic (exact) mass is 615 g/mol. The molecule has 7 rings (SSSR count). The number of hydrogen-bond donors (Lipinski definition) is 2. The summed E-state index contributed by atoms with van der Waals surface area (Å²) in [7, 11) is 1.63. The zero-order valence-electron chi connectivity index (χ0n) is 22.7. The summed E-state index contributed by atoms with van der Waals surface area (Å²) in [5, 5.41) is 6.20. The van der Waals surface area contributed by atoms with Gasteiger partial charge in [-0.25, -0.2) is 0 Å². The van der Waals surface area contributed by atoms with Crippen LogP contribution < -0.4 is 45.8 Å². The molecule has 5 aromatic rings. The van der Waals surface area contributed by atoms with Crippen molar-refractivity contribution in [2.24, 2.45) is 0 Å². The number of hydrogen-bond acceptors (Lipinski definition) is 5. The molecule has 41 heavy (non-hydrogen) atoms. The second kappa shape index (κ2) is 11.3. The number of H-pyrrole nitrogens is 1. The number of para-hydroxylation sites is 1. The Morgan fingerprint density at radius 1 is 1.07 bits per heavy atom. The van der Waals surface area contributed by atoms with E-state index in [1.807, 2.05) is 30.5 Å². The van der Waals surface area contributed by atoms with Crippen LogP contribution in [0.5, 0.6) is 23.0 Å². The molecule has 0 saturated carbocycles. The molecule has 2 aliphatic rings. The summed E-state index contributed by atoms with van der Waals surface area (Å²) < 4.78 is 25.3. The molecule has 0 spiro atoms. The van der Waals surface area contributed by atoms with Gasteiger partial charge in [-0.15, -0.1) is 0 Å². The maximum Gasteiger partial charge on any atom is 0.231 e. The first-order valence-corrected chi connectivity index (χ1v) is 13.6. The SMILES string of the molecule is COc1ccc2cc3[n+](cc2c1OCCC(=O)NCCc1c[nH]c2ccccc12)CCc1cc2c(cc1-3)OCO2.[Br-]. The third kappa shape index (κ3) is 5.06. The molecule has 2 aliphatic heterocycles. The quantitative estimate of drug-likeness (QED) is 0.260. The Balaban J connectivity index is 0.00000302. The van der Waals surface area contributed by atoms with Gasteiger partial charge in [-0.05, 0) is 53.3 Å². The first-order chi connectivity index (χ1) is 19.7. The number of pyridine rings is 1. The highest BCUT2D eigenvalue weighted by Gasteiger charge is 2.28. The molecule has 2 aromatic heterocycles. The third-order valence-electron chi connectivity index (χ3n) is 7.76. The van der Waals surface area contributed by atoms with E-state index >= 15 is 0 Å². The summed E-state index contributed by atoms with van der Waals surface area (Å²) in [6.07, 6.45) is 6.05. The molecule has 4 heterocycles. The number of nitrogens with zero attached hydrogens (tertiary/aromatic N) is 1. The van der Waals surface area contributed by atoms with Crippen molar-refractivity contribution >= 4 is 27.6 Å². The van der Waals surface area contributed by atoms with Gasteiger partial charge in [0.25, 0.3) is 0 Å². The number of nitrogens with one attached hydrogen (secondary N) is 2. The summed E-state index contributed by atoms with van der Waals surface area (Å²) in [4.78, 5) is 15.9. The predicted octanol–water partition coefficient (Wildman–Crippen LogP) is 1.70. The summed E-state index contributed by atoms with van der Waals surface area (Å²) in [5.41, 5.74) is 5.83. The molecule has 0 bridgehead atoms. The van der Waals surface area contributed by atoms with E-state index in [9.17, 15) is 4.79 Å². The second-order valence-corrected chi connectivity index (χ2v) is 10.1. The van der Waals surface area contributed by atoms with Crippen LogP contribution >= 0.6 is 0 Å². The Morgan fingerprint density at radius 3 is 2.80 bits per heavy atom. The van der Waals surface area contributed by atoms with Gasteiger partial charge >= 0.3 is 0 Å². The standard InChI is InChI=1S/C32H29N3O5.BrH/c1-37-28-7-6-20-14-27-24-16-30-29(39-19-40-30)15-21(24)9-12-35(27)18-25(20)32(28)38-13-10-31(36)33-11-8-22-17-34-26-5-3-2-4-23(22)26;/h2-7,14-18,34H,8-13,19H2,1H3;1H. The maximum atomic E-state index is 12.6. The fourth-order valence-corrected chi connectivity index (χ4v) is 5.72. The van der Waals surface area contributed by atoms with Crippen molar-refractivity contribution in [3.8, 4) is 34.3 Å². The van der Waals surface area contributed by atoms with Crippen LogP contribution in [0.2, 0.25) is 0 Å². The van der Waals surface area contributed by atoms with E-state index in [-0.39, 0.29) is 42.7 Å². The fourth-order valence-electron chi connectivity index (χ4n) is 5.72. The molecule has 3 aromatic carbocycles. The normalized spacial score (nSPS) is 12.9. The number of halogens is 1. The number of benzene rings is 3. The van der Waals surface area contributed by atoms with Gasteiger partial charge in [-0.2, -0.15) is 4.57 Å². The number of fused-ring (bicyclic) bond motifs is 6. The zero-order valence-corrected chi connectivity index (χ0v) is 24.3. The lowest BCUT2D eigenvalue weighted by atomic mass is 9.95. The summed E-state index contributed by atoms with van der Waals surface area (Å²) in [6.45, 7) is 1.93. The lowest BCUT2D eigenvalue weighted by Gasteiger charge is -2.18. The van der Waals surface area contributed by atoms with Crippen LogP contribution in [0.4, 0.5) is 0 Å². The number of methoxy groups -OCH3 is 1. The van der Waals surface area contributed by atoms with Crippen molar-refractivity contribution < 1.29 is 45.3 Å². The molecule has 0 fully saturated rings. The number of carbonyl (C=O) groups is 1. The molecular formula is C32H30BrN3O5. The number of aromatic amines is 1. The summed E-state index contributed by atoms with van der Waals surface area (Å²) in [6, 6.07) is 18.5. The van der Waals surface area contributed by atoms with E-state index < -0.39 is 0 Å². The van der Waals surface area contributed by atoms with Gasteiger partial charge in [-0.3, -0.25) is 4.79 Å². The minimum atomic E-state index is -0.0406. The largest absolute Gasteiger partial charge is 1.00 e. The molecule has 0 atom stereocenters. The van der Waals surface area contributed by atoms with E-state index in [4.69, 9.17) is 18.9 Å². The topological polar surface area (TPSA) is 85.7 Å². The van der Waals surface area contributed by atoms with E-state index in [1.165, 1.54) is 16.5 Å². The van der Waals surface area contributed by atoms with Crippen LogP contribution in [0.15, 0.2) is 67.0 Å². The number of carbonyl (C=O) groups excluding carboxylic acids is 1. The lowest BCUT2D eigenvalue weighted by Crippen LogP contribution is -3.00. The van der Waals surface area contributed by atoms with E-state index in [0.29, 0.717) is 18.0 Å². The average molecular weight is 617 g/mol. The molecule has 0 radical (unpaired) electrons. The molecule has 9 heteroatoms. The number of aromatic nitrogens is 2. The summed E-state index contributed by atoms with van der Waals surface area (Å²) >= 11 is 0. The van der Waals surface area contributed by atoms with Gasteiger partial charge in [0.05, 0.1) is 31.1 Å². The van der Waals surface area contributed by atoms with Crippen LogP contribution in [0, 0.1) is 0 Å². The van der Waals surface area contributed by atoms with Gasteiger partial charge in [0.2, 0.25) is 18.4 Å². The van der Waals surface area contributed by atoms with Crippen molar-refractivity contribution in [3.63, 3.8) is 0 Å². The fraction of sp³-hybridized carbons (Fsp3) is 0.250. The molecular weight excluding hydrogens is 586 g/mol. The number of ether oxygens (including phenoxy) is 4. The highest BCUT2D eigenvalue weighted by Crippen LogP contribution is 2.41. The minimum Gasteiger partial charge on any atom is -1.00 e. The number of amides is 1. The Bertz CT molecular complexity index is 1770. The van der Waals surface area contributed by atoms with Gasteiger partial charge in [0.15, 0.2) is 35.7 Å². The Hall–Kier alpha value is -4.24. The number of aryl methyl sites for hydroxylation is 2. The number of rotatable bonds is 8. The van der Waals surface area contributed by atoms with Crippen LogP contribution in [-0.4, -0.2) is 37.9 Å². The first kappa shape index (κ1) is 27.0. The van der Waals surface area contributed by atoms with E-state index in [1.54, 1.807) is 7.11 Å². The molecule has 0 unspecified atom stereocenters. The average Bonchev–Trinajstić information content (AvgIpc) is 3.62. The maximum absolute atomic E-state index is 12.6. The Labute approximate surface area is 247 Å². The van der Waals surface area contributed by atoms with Crippen molar-refractivity contribution in [1.29, 1.82) is 0 Å². The highest BCUT2D eigenvalue weighted by molar-refractivity contribution is 5.92. The van der Waals surface area contributed by atoms with Gasteiger partial charge in [-0.1, -0.05) is 18.2 Å². The Kier molecular flexibility index (Phi) is 7.45.